The van der Waals surface area contributed by atoms with Gasteiger partial charge in [-0.25, -0.2) is 14.4 Å². The summed E-state index contributed by atoms with van der Waals surface area (Å²) < 4.78 is 15.1. The summed E-state index contributed by atoms with van der Waals surface area (Å²) in [5.41, 5.74) is 9.30. The number of aliphatic hydroxyl groups is 1. The van der Waals surface area contributed by atoms with Gasteiger partial charge < -0.3 is 26.0 Å². The Morgan fingerprint density at radius 3 is 2.70 bits per heavy atom. The van der Waals surface area contributed by atoms with Crippen molar-refractivity contribution in [3.05, 3.63) is 47.7 Å². The van der Waals surface area contributed by atoms with Gasteiger partial charge in [0.05, 0.1) is 11.4 Å². The molecule has 0 saturated carbocycles. The molecule has 0 radical (unpaired) electrons. The van der Waals surface area contributed by atoms with E-state index in [1.54, 1.807) is 12.4 Å². The Morgan fingerprint density at radius 2 is 2.05 bits per heavy atom. The Labute approximate surface area is 220 Å². The standard InChI is InChI=1S/C28H42FN7O/c1-20(2)31-19-22(17-30)27-21(3)18-32-28(34-27)33-23-8-9-26(25(29)16-23)36-13-10-24(11-14-36)35(4)12-6-5-7-15-37/h8-9,16-20,24,37H,5-7,10-15,30H2,1-4H3,(H,32,33,34). The second-order valence-electron chi connectivity index (χ2n) is 9.99. The lowest BCUT2D eigenvalue weighted by atomic mass is 10.0. The Balaban J connectivity index is 1.62. The van der Waals surface area contributed by atoms with Crippen molar-refractivity contribution in [1.29, 1.82) is 0 Å². The van der Waals surface area contributed by atoms with Crippen molar-refractivity contribution in [3.8, 4) is 0 Å². The fourth-order valence-corrected chi connectivity index (χ4v) is 4.56. The van der Waals surface area contributed by atoms with Crippen molar-refractivity contribution in [2.75, 3.05) is 43.5 Å². The Morgan fingerprint density at radius 1 is 1.30 bits per heavy atom. The van der Waals surface area contributed by atoms with Gasteiger partial charge in [-0.2, -0.15) is 0 Å². The number of aryl methyl sites for hydroxylation is 1. The van der Waals surface area contributed by atoms with Crippen LogP contribution in [0.25, 0.3) is 5.57 Å². The van der Waals surface area contributed by atoms with E-state index in [2.05, 4.69) is 37.1 Å². The molecule has 37 heavy (non-hydrogen) atoms. The molecule has 9 heteroatoms. The van der Waals surface area contributed by atoms with E-state index >= 15 is 4.39 Å². The first-order valence-corrected chi connectivity index (χ1v) is 13.2. The van der Waals surface area contributed by atoms with E-state index in [-0.39, 0.29) is 18.5 Å². The second kappa shape index (κ2) is 14.0. The minimum Gasteiger partial charge on any atom is -0.404 e. The first kappa shape index (κ1) is 28.5. The lowest BCUT2D eigenvalue weighted by molar-refractivity contribution is 0.200. The predicted octanol–water partition coefficient (Wildman–Crippen LogP) is 4.51. The number of aromatic nitrogens is 2. The van der Waals surface area contributed by atoms with Crippen molar-refractivity contribution < 1.29 is 9.50 Å². The van der Waals surface area contributed by atoms with Crippen LogP contribution in [0, 0.1) is 12.7 Å². The molecular formula is C28H42FN7O. The number of aliphatic imine (C=N–C) groups is 1. The quantitative estimate of drug-likeness (QED) is 0.285. The molecule has 8 nitrogen and oxygen atoms in total. The Bertz CT molecular complexity index is 1060. The highest BCUT2D eigenvalue weighted by Gasteiger charge is 2.24. The minimum absolute atomic E-state index is 0.144. The summed E-state index contributed by atoms with van der Waals surface area (Å²) in [5.74, 6) is 0.104. The number of benzene rings is 1. The number of nitrogens with two attached hydrogens (primary N) is 1. The fraction of sp³-hybridized carbons (Fsp3) is 0.536. The molecule has 1 aromatic carbocycles. The van der Waals surface area contributed by atoms with Crippen molar-refractivity contribution in [2.24, 2.45) is 10.7 Å². The van der Waals surface area contributed by atoms with Gasteiger partial charge in [0.25, 0.3) is 0 Å². The second-order valence-corrected chi connectivity index (χ2v) is 9.99. The van der Waals surface area contributed by atoms with Gasteiger partial charge in [-0.3, -0.25) is 4.99 Å². The van der Waals surface area contributed by atoms with Crippen molar-refractivity contribution >= 4 is 29.1 Å². The topological polar surface area (TPSA) is 103 Å². The highest BCUT2D eigenvalue weighted by atomic mass is 19.1. The number of hydrogen-bond acceptors (Lipinski definition) is 8. The van der Waals surface area contributed by atoms with Gasteiger partial charge in [0.2, 0.25) is 5.95 Å². The van der Waals surface area contributed by atoms with E-state index in [0.717, 1.165) is 57.3 Å². The fourth-order valence-electron chi connectivity index (χ4n) is 4.56. The van der Waals surface area contributed by atoms with Crippen LogP contribution in [0.5, 0.6) is 0 Å². The number of unbranched alkanes of at least 4 members (excludes halogenated alkanes) is 2. The van der Waals surface area contributed by atoms with E-state index in [4.69, 9.17) is 10.8 Å². The maximum Gasteiger partial charge on any atom is 0.227 e. The van der Waals surface area contributed by atoms with Crippen molar-refractivity contribution in [3.63, 3.8) is 0 Å². The molecule has 0 aliphatic carbocycles. The third kappa shape index (κ3) is 8.23. The van der Waals surface area contributed by atoms with E-state index in [1.807, 2.05) is 32.9 Å². The van der Waals surface area contributed by atoms with Crippen LogP contribution in [0.4, 0.5) is 21.7 Å². The molecule has 3 rings (SSSR count). The molecule has 202 valence electrons. The number of rotatable bonds is 12. The summed E-state index contributed by atoms with van der Waals surface area (Å²) in [5, 5.41) is 12.1. The number of hydrogen-bond donors (Lipinski definition) is 3. The molecule has 1 aromatic heterocycles. The molecule has 0 bridgehead atoms. The number of aliphatic hydroxyl groups excluding tert-OH is 1. The van der Waals surface area contributed by atoms with E-state index < -0.39 is 0 Å². The largest absolute Gasteiger partial charge is 0.404 e. The number of nitrogens with one attached hydrogen (secondary N) is 1. The monoisotopic (exact) mass is 511 g/mol. The molecule has 1 fully saturated rings. The highest BCUT2D eigenvalue weighted by Crippen LogP contribution is 2.28. The first-order chi connectivity index (χ1) is 17.8. The van der Waals surface area contributed by atoms with Crippen LogP contribution >= 0.6 is 0 Å². The Kier molecular flexibility index (Phi) is 10.8. The summed E-state index contributed by atoms with van der Waals surface area (Å²) >= 11 is 0. The van der Waals surface area contributed by atoms with Crippen LogP contribution < -0.4 is 16.0 Å². The number of halogens is 1. The maximum absolute atomic E-state index is 15.1. The highest BCUT2D eigenvalue weighted by molar-refractivity contribution is 6.09. The molecule has 0 unspecified atom stereocenters. The first-order valence-electron chi connectivity index (χ1n) is 13.2. The van der Waals surface area contributed by atoms with E-state index in [1.165, 1.54) is 12.3 Å². The van der Waals surface area contributed by atoms with Gasteiger partial charge >= 0.3 is 0 Å². The zero-order chi connectivity index (χ0) is 26.8. The summed E-state index contributed by atoms with van der Waals surface area (Å²) in [4.78, 5) is 17.9. The average molecular weight is 512 g/mol. The summed E-state index contributed by atoms with van der Waals surface area (Å²) in [6.07, 6.45) is 9.95. The average Bonchev–Trinajstić information content (AvgIpc) is 2.88. The number of allylic oxidation sites excluding steroid dienone is 1. The normalized spacial score (nSPS) is 15.4. The lowest BCUT2D eigenvalue weighted by Crippen LogP contribution is -2.44. The third-order valence-electron chi connectivity index (χ3n) is 6.74. The zero-order valence-electron chi connectivity index (χ0n) is 22.6. The molecule has 2 aromatic rings. The van der Waals surface area contributed by atoms with Gasteiger partial charge in [-0.15, -0.1) is 0 Å². The zero-order valence-corrected chi connectivity index (χ0v) is 22.6. The van der Waals surface area contributed by atoms with Crippen molar-refractivity contribution in [2.45, 2.75) is 65.0 Å². The molecule has 0 spiro atoms. The molecular weight excluding hydrogens is 469 g/mol. The lowest BCUT2D eigenvalue weighted by Gasteiger charge is -2.38. The van der Waals surface area contributed by atoms with Crippen molar-refractivity contribution in [1.82, 2.24) is 14.9 Å². The maximum atomic E-state index is 15.1. The number of nitrogens with zero attached hydrogens (tertiary/aromatic N) is 5. The molecule has 2 heterocycles. The van der Waals surface area contributed by atoms with Crippen LogP contribution in [0.2, 0.25) is 0 Å². The minimum atomic E-state index is -0.264. The molecule has 1 aliphatic heterocycles. The number of anilines is 3. The smallest absolute Gasteiger partial charge is 0.227 e. The summed E-state index contributed by atoms with van der Waals surface area (Å²) in [7, 11) is 2.17. The number of piperidine rings is 1. The van der Waals surface area contributed by atoms with Crippen LogP contribution in [-0.4, -0.2) is 71.6 Å². The molecule has 0 amide bonds. The molecule has 4 N–H and O–H groups in total. The van der Waals surface area contributed by atoms with Crippen LogP contribution in [0.15, 0.2) is 35.6 Å². The van der Waals surface area contributed by atoms with Crippen LogP contribution in [0.3, 0.4) is 0 Å². The van der Waals surface area contributed by atoms with Gasteiger partial charge in [0, 0.05) is 61.7 Å². The molecule has 1 aliphatic rings. The Hall–Kier alpha value is -3.04. The predicted molar refractivity (Wildman–Crippen MR) is 151 cm³/mol. The SMILES string of the molecule is Cc1cnc(Nc2ccc(N3CCC(N(C)CCCCCO)CC3)c(F)c2)nc1C(C=NC(C)C)=CN. The molecule has 1 saturated heterocycles. The summed E-state index contributed by atoms with van der Waals surface area (Å²) in [6.45, 7) is 8.85. The van der Waals surface area contributed by atoms with Gasteiger partial charge in [-0.05, 0) is 90.2 Å². The van der Waals surface area contributed by atoms with Gasteiger partial charge in [-0.1, -0.05) is 0 Å². The molecule has 0 atom stereocenters. The van der Waals surface area contributed by atoms with E-state index in [9.17, 15) is 0 Å². The van der Waals surface area contributed by atoms with Gasteiger partial charge in [0.1, 0.15) is 5.82 Å². The summed E-state index contributed by atoms with van der Waals surface area (Å²) in [6, 6.07) is 5.84. The van der Waals surface area contributed by atoms with Gasteiger partial charge in [0.15, 0.2) is 0 Å². The van der Waals surface area contributed by atoms with Crippen LogP contribution in [-0.2, 0) is 0 Å². The van der Waals surface area contributed by atoms with E-state index in [0.29, 0.717) is 34.6 Å². The van der Waals surface area contributed by atoms with Crippen LogP contribution in [0.1, 0.15) is 57.2 Å². The third-order valence-corrected chi connectivity index (χ3v) is 6.74.